The lowest BCUT2D eigenvalue weighted by Gasteiger charge is -2.34. The van der Waals surface area contributed by atoms with Crippen LogP contribution in [-0.4, -0.2) is 22.6 Å². The van der Waals surface area contributed by atoms with Gasteiger partial charge in [0.25, 0.3) is 0 Å². The summed E-state index contributed by atoms with van der Waals surface area (Å²) in [5, 5.41) is 6.27. The van der Waals surface area contributed by atoms with E-state index in [0.29, 0.717) is 11.4 Å². The molecule has 1 saturated carbocycles. The summed E-state index contributed by atoms with van der Waals surface area (Å²) in [5.74, 6) is 1.40. The molecular weight excluding hydrogens is 282 g/mol. The molecule has 4 nitrogen and oxygen atoms in total. The van der Waals surface area contributed by atoms with E-state index in [1.54, 1.807) is 11.3 Å². The Labute approximate surface area is 129 Å². The van der Waals surface area contributed by atoms with E-state index in [2.05, 4.69) is 35.2 Å². The van der Waals surface area contributed by atoms with Crippen molar-refractivity contribution in [3.8, 4) is 5.88 Å². The molecule has 0 saturated heterocycles. The highest BCUT2D eigenvalue weighted by molar-refractivity contribution is 7.16. The van der Waals surface area contributed by atoms with Gasteiger partial charge in [0.1, 0.15) is 10.9 Å². The van der Waals surface area contributed by atoms with Crippen molar-refractivity contribution in [3.05, 3.63) is 11.4 Å². The number of nitrogens with one attached hydrogen (secondary N) is 1. The molecule has 1 aliphatic rings. The number of fused-ring (bicyclic) bond motifs is 1. The van der Waals surface area contributed by atoms with Crippen LogP contribution in [0.15, 0.2) is 11.4 Å². The lowest BCUT2D eigenvalue weighted by molar-refractivity contribution is 0.0964. The van der Waals surface area contributed by atoms with Crippen molar-refractivity contribution in [1.29, 1.82) is 0 Å². The topological polar surface area (TPSA) is 47.0 Å². The average Bonchev–Trinajstić information content (AvgIpc) is 2.90. The fourth-order valence-electron chi connectivity index (χ4n) is 2.80. The first-order chi connectivity index (χ1) is 10.1. The number of nitrogens with zero attached hydrogens (tertiary/aromatic N) is 2. The molecule has 114 valence electrons. The van der Waals surface area contributed by atoms with Gasteiger partial charge in [0.2, 0.25) is 11.8 Å². The fraction of sp³-hybridized carbons (Fsp3) is 0.625. The predicted molar refractivity (Wildman–Crippen MR) is 88.2 cm³/mol. The standard InChI is InChI=1S/C16H23N3OS/c1-4-17-15-18-13(12-7-10-21-14(12)19-15)20-11-5-8-16(2,3)9-6-11/h7,10-11H,4-6,8-9H2,1-3H3,(H,17,18,19). The first-order valence-electron chi connectivity index (χ1n) is 7.73. The minimum absolute atomic E-state index is 0.283. The number of hydrogen-bond acceptors (Lipinski definition) is 5. The minimum Gasteiger partial charge on any atom is -0.474 e. The molecule has 2 heterocycles. The van der Waals surface area contributed by atoms with Gasteiger partial charge in [0, 0.05) is 6.54 Å². The number of thiophene rings is 1. The average molecular weight is 305 g/mol. The Bertz CT molecular complexity index is 613. The van der Waals surface area contributed by atoms with Gasteiger partial charge in [-0.25, -0.2) is 4.98 Å². The summed E-state index contributed by atoms with van der Waals surface area (Å²) in [7, 11) is 0. The van der Waals surface area contributed by atoms with E-state index in [1.165, 1.54) is 12.8 Å². The van der Waals surface area contributed by atoms with Crippen LogP contribution in [0.5, 0.6) is 5.88 Å². The molecule has 0 atom stereocenters. The maximum absolute atomic E-state index is 6.22. The summed E-state index contributed by atoms with van der Waals surface area (Å²) in [6.45, 7) is 7.54. The first-order valence-corrected chi connectivity index (χ1v) is 8.61. The second-order valence-corrected chi connectivity index (χ2v) is 7.40. The van der Waals surface area contributed by atoms with Crippen molar-refractivity contribution in [1.82, 2.24) is 9.97 Å². The van der Waals surface area contributed by atoms with Crippen LogP contribution < -0.4 is 10.1 Å². The summed E-state index contributed by atoms with van der Waals surface area (Å²) in [6.07, 6.45) is 4.94. The van der Waals surface area contributed by atoms with Crippen LogP contribution in [0.4, 0.5) is 5.95 Å². The molecule has 0 spiro atoms. The summed E-state index contributed by atoms with van der Waals surface area (Å²) < 4.78 is 6.22. The zero-order valence-electron chi connectivity index (χ0n) is 13.0. The Morgan fingerprint density at radius 2 is 2.10 bits per heavy atom. The van der Waals surface area contributed by atoms with Gasteiger partial charge >= 0.3 is 0 Å². The lowest BCUT2D eigenvalue weighted by atomic mass is 9.76. The zero-order valence-corrected chi connectivity index (χ0v) is 13.8. The Balaban J connectivity index is 1.81. The van der Waals surface area contributed by atoms with E-state index in [-0.39, 0.29) is 6.10 Å². The minimum atomic E-state index is 0.283. The van der Waals surface area contributed by atoms with Crippen molar-refractivity contribution in [3.63, 3.8) is 0 Å². The van der Waals surface area contributed by atoms with Crippen molar-refractivity contribution >= 4 is 27.5 Å². The molecule has 3 rings (SSSR count). The van der Waals surface area contributed by atoms with Crippen molar-refractivity contribution in [2.24, 2.45) is 5.41 Å². The molecule has 5 heteroatoms. The number of hydrogen-bond donors (Lipinski definition) is 1. The van der Waals surface area contributed by atoms with E-state index < -0.39 is 0 Å². The zero-order chi connectivity index (χ0) is 14.9. The Hall–Kier alpha value is -1.36. The molecule has 0 aromatic carbocycles. The van der Waals surface area contributed by atoms with Crippen molar-refractivity contribution < 1.29 is 4.74 Å². The lowest BCUT2D eigenvalue weighted by Crippen LogP contribution is -2.28. The van der Waals surface area contributed by atoms with Crippen LogP contribution in [0.2, 0.25) is 0 Å². The molecule has 0 unspecified atom stereocenters. The Morgan fingerprint density at radius 3 is 2.81 bits per heavy atom. The molecular formula is C16H23N3OS. The summed E-state index contributed by atoms with van der Waals surface area (Å²) >= 11 is 1.63. The number of ether oxygens (including phenoxy) is 1. The molecule has 0 aliphatic heterocycles. The van der Waals surface area contributed by atoms with Gasteiger partial charge in [0.05, 0.1) is 5.39 Å². The molecule has 0 amide bonds. The molecule has 1 fully saturated rings. The molecule has 21 heavy (non-hydrogen) atoms. The first kappa shape index (κ1) is 14.6. The maximum Gasteiger partial charge on any atom is 0.227 e. The number of rotatable bonds is 4. The van der Waals surface area contributed by atoms with Gasteiger partial charge in [-0.05, 0) is 49.5 Å². The van der Waals surface area contributed by atoms with Crippen LogP contribution in [0, 0.1) is 5.41 Å². The summed E-state index contributed by atoms with van der Waals surface area (Å²) in [4.78, 5) is 10.1. The van der Waals surface area contributed by atoms with E-state index in [1.807, 2.05) is 12.3 Å². The summed E-state index contributed by atoms with van der Waals surface area (Å²) in [6, 6.07) is 2.05. The fourth-order valence-corrected chi connectivity index (χ4v) is 3.56. The van der Waals surface area contributed by atoms with Crippen LogP contribution in [-0.2, 0) is 0 Å². The highest BCUT2D eigenvalue weighted by Gasteiger charge is 2.28. The molecule has 0 radical (unpaired) electrons. The maximum atomic E-state index is 6.22. The van der Waals surface area contributed by atoms with E-state index in [0.717, 1.165) is 35.5 Å². The molecule has 1 N–H and O–H groups in total. The normalized spacial score (nSPS) is 18.8. The van der Waals surface area contributed by atoms with E-state index in [9.17, 15) is 0 Å². The second-order valence-electron chi connectivity index (χ2n) is 6.50. The Morgan fingerprint density at radius 1 is 1.33 bits per heavy atom. The molecule has 2 aromatic rings. The van der Waals surface area contributed by atoms with Gasteiger partial charge in [-0.2, -0.15) is 4.98 Å². The van der Waals surface area contributed by atoms with Crippen LogP contribution in [0.3, 0.4) is 0 Å². The van der Waals surface area contributed by atoms with Crippen LogP contribution in [0.1, 0.15) is 46.5 Å². The number of aromatic nitrogens is 2. The molecule has 1 aliphatic carbocycles. The third kappa shape index (κ3) is 3.28. The number of anilines is 1. The SMILES string of the molecule is CCNc1nc(OC2CCC(C)(C)CC2)c2ccsc2n1. The van der Waals surface area contributed by atoms with Gasteiger partial charge in [-0.15, -0.1) is 11.3 Å². The van der Waals surface area contributed by atoms with Crippen LogP contribution in [0.25, 0.3) is 10.2 Å². The van der Waals surface area contributed by atoms with Gasteiger partial charge < -0.3 is 10.1 Å². The monoisotopic (exact) mass is 305 g/mol. The third-order valence-corrected chi connectivity index (χ3v) is 5.00. The second kappa shape index (κ2) is 5.79. The van der Waals surface area contributed by atoms with Crippen LogP contribution >= 0.6 is 11.3 Å². The summed E-state index contributed by atoms with van der Waals surface area (Å²) in [5.41, 5.74) is 0.457. The van der Waals surface area contributed by atoms with Crippen molar-refractivity contribution in [2.45, 2.75) is 52.6 Å². The third-order valence-electron chi connectivity index (χ3n) is 4.19. The molecule has 0 bridgehead atoms. The van der Waals surface area contributed by atoms with E-state index in [4.69, 9.17) is 4.74 Å². The predicted octanol–water partition coefficient (Wildman–Crippen LogP) is 4.47. The largest absolute Gasteiger partial charge is 0.474 e. The Kier molecular flexibility index (Phi) is 4.02. The smallest absolute Gasteiger partial charge is 0.227 e. The van der Waals surface area contributed by atoms with Gasteiger partial charge in [0.15, 0.2) is 0 Å². The highest BCUT2D eigenvalue weighted by atomic mass is 32.1. The van der Waals surface area contributed by atoms with E-state index >= 15 is 0 Å². The quantitative estimate of drug-likeness (QED) is 0.905. The van der Waals surface area contributed by atoms with Gasteiger partial charge in [-0.3, -0.25) is 0 Å². The molecule has 2 aromatic heterocycles. The van der Waals surface area contributed by atoms with Crippen molar-refractivity contribution in [2.75, 3.05) is 11.9 Å². The van der Waals surface area contributed by atoms with Gasteiger partial charge in [-0.1, -0.05) is 13.8 Å². The highest BCUT2D eigenvalue weighted by Crippen LogP contribution is 2.37.